The fourth-order valence-electron chi connectivity index (χ4n) is 2.02. The highest BCUT2D eigenvalue weighted by atomic mass is 16.4. The zero-order chi connectivity index (χ0) is 13.1. The third-order valence-corrected chi connectivity index (χ3v) is 3.15. The summed E-state index contributed by atoms with van der Waals surface area (Å²) in [5.74, 6) is -0.0736. The zero-order valence-electron chi connectivity index (χ0n) is 11.0. The SMILES string of the molecule is CC(C)n1ccc(CN(CC(=O)O)CC2CC2)n1. The van der Waals surface area contributed by atoms with Crippen LogP contribution >= 0.6 is 0 Å². The van der Waals surface area contributed by atoms with Gasteiger partial charge in [0.05, 0.1) is 12.2 Å². The molecule has 0 atom stereocenters. The van der Waals surface area contributed by atoms with Crippen LogP contribution in [-0.4, -0.2) is 38.8 Å². The van der Waals surface area contributed by atoms with Gasteiger partial charge in [0.25, 0.3) is 0 Å². The molecule has 18 heavy (non-hydrogen) atoms. The van der Waals surface area contributed by atoms with Crippen LogP contribution in [0.15, 0.2) is 12.3 Å². The fraction of sp³-hybridized carbons (Fsp3) is 0.692. The summed E-state index contributed by atoms with van der Waals surface area (Å²) in [4.78, 5) is 12.8. The zero-order valence-corrected chi connectivity index (χ0v) is 11.0. The van der Waals surface area contributed by atoms with Crippen molar-refractivity contribution in [2.75, 3.05) is 13.1 Å². The molecule has 1 heterocycles. The lowest BCUT2D eigenvalue weighted by Crippen LogP contribution is -2.31. The maximum atomic E-state index is 10.8. The summed E-state index contributed by atoms with van der Waals surface area (Å²) in [5, 5.41) is 13.4. The molecule has 1 aromatic heterocycles. The Balaban J connectivity index is 1.94. The lowest BCUT2D eigenvalue weighted by molar-refractivity contribution is -0.138. The number of hydrogen-bond acceptors (Lipinski definition) is 3. The first kappa shape index (κ1) is 13.1. The molecular formula is C13H21N3O2. The largest absolute Gasteiger partial charge is 0.480 e. The van der Waals surface area contributed by atoms with Gasteiger partial charge in [0.15, 0.2) is 0 Å². The first-order valence-electron chi connectivity index (χ1n) is 6.52. The smallest absolute Gasteiger partial charge is 0.317 e. The summed E-state index contributed by atoms with van der Waals surface area (Å²) in [6.07, 6.45) is 4.42. The normalized spacial score (nSPS) is 15.6. The number of carboxylic acid groups (broad SMARTS) is 1. The van der Waals surface area contributed by atoms with Crippen molar-refractivity contribution in [1.29, 1.82) is 0 Å². The molecule has 0 aromatic carbocycles. The summed E-state index contributed by atoms with van der Waals surface area (Å²) < 4.78 is 1.91. The van der Waals surface area contributed by atoms with E-state index in [1.807, 2.05) is 21.8 Å². The van der Waals surface area contributed by atoms with E-state index in [-0.39, 0.29) is 6.54 Å². The number of hydrogen-bond donors (Lipinski definition) is 1. The summed E-state index contributed by atoms with van der Waals surface area (Å²) in [7, 11) is 0. The minimum Gasteiger partial charge on any atom is -0.480 e. The van der Waals surface area contributed by atoms with Crippen molar-refractivity contribution in [1.82, 2.24) is 14.7 Å². The molecule has 5 heteroatoms. The molecule has 0 amide bonds. The standard InChI is InChI=1S/C13H21N3O2/c1-10(2)16-6-5-12(14-16)8-15(9-13(17)18)7-11-3-4-11/h5-6,10-11H,3-4,7-9H2,1-2H3,(H,17,18). The Morgan fingerprint density at radius 1 is 1.61 bits per heavy atom. The van der Waals surface area contributed by atoms with Crippen LogP contribution in [0.1, 0.15) is 38.4 Å². The van der Waals surface area contributed by atoms with Gasteiger partial charge in [0.1, 0.15) is 0 Å². The van der Waals surface area contributed by atoms with Gasteiger partial charge < -0.3 is 5.11 Å². The van der Waals surface area contributed by atoms with Gasteiger partial charge in [0.2, 0.25) is 0 Å². The van der Waals surface area contributed by atoms with Crippen LogP contribution in [0.3, 0.4) is 0 Å². The minimum atomic E-state index is -0.765. The van der Waals surface area contributed by atoms with Gasteiger partial charge in [0, 0.05) is 25.3 Å². The highest BCUT2D eigenvalue weighted by molar-refractivity contribution is 5.69. The molecule has 2 rings (SSSR count). The van der Waals surface area contributed by atoms with Gasteiger partial charge in [-0.2, -0.15) is 5.10 Å². The van der Waals surface area contributed by atoms with E-state index in [1.165, 1.54) is 12.8 Å². The van der Waals surface area contributed by atoms with Crippen molar-refractivity contribution in [2.45, 2.75) is 39.3 Å². The quantitative estimate of drug-likeness (QED) is 0.802. The molecular weight excluding hydrogens is 230 g/mol. The van der Waals surface area contributed by atoms with Crippen LogP contribution in [0.5, 0.6) is 0 Å². The van der Waals surface area contributed by atoms with Crippen molar-refractivity contribution < 1.29 is 9.90 Å². The summed E-state index contributed by atoms with van der Waals surface area (Å²) >= 11 is 0. The number of aliphatic carboxylic acids is 1. The Labute approximate surface area is 107 Å². The summed E-state index contributed by atoms with van der Waals surface area (Å²) in [6, 6.07) is 2.32. The first-order valence-corrected chi connectivity index (χ1v) is 6.52. The summed E-state index contributed by atoms with van der Waals surface area (Å²) in [5.41, 5.74) is 0.950. The average Bonchev–Trinajstić information content (AvgIpc) is 2.93. The second-order valence-electron chi connectivity index (χ2n) is 5.39. The predicted octanol–water partition coefficient (Wildman–Crippen LogP) is 1.76. The van der Waals surface area contributed by atoms with Crippen LogP contribution in [-0.2, 0) is 11.3 Å². The van der Waals surface area contributed by atoms with Gasteiger partial charge in [-0.15, -0.1) is 0 Å². The Bertz CT molecular complexity index is 410. The monoisotopic (exact) mass is 251 g/mol. The molecule has 1 aliphatic carbocycles. The lowest BCUT2D eigenvalue weighted by atomic mass is 10.3. The van der Waals surface area contributed by atoms with Crippen molar-refractivity contribution >= 4 is 5.97 Å². The van der Waals surface area contributed by atoms with E-state index >= 15 is 0 Å². The molecule has 0 bridgehead atoms. The highest BCUT2D eigenvalue weighted by Gasteiger charge is 2.25. The van der Waals surface area contributed by atoms with Gasteiger partial charge in [-0.25, -0.2) is 0 Å². The molecule has 1 aromatic rings. The Morgan fingerprint density at radius 2 is 2.33 bits per heavy atom. The molecule has 0 radical (unpaired) electrons. The van der Waals surface area contributed by atoms with Gasteiger partial charge in [-0.05, 0) is 38.7 Å². The van der Waals surface area contributed by atoms with Crippen molar-refractivity contribution in [2.24, 2.45) is 5.92 Å². The number of rotatable bonds is 7. The van der Waals surface area contributed by atoms with Crippen molar-refractivity contribution in [3.05, 3.63) is 18.0 Å². The van der Waals surface area contributed by atoms with E-state index in [0.29, 0.717) is 18.5 Å². The van der Waals surface area contributed by atoms with E-state index in [2.05, 4.69) is 18.9 Å². The second-order valence-corrected chi connectivity index (χ2v) is 5.39. The molecule has 0 unspecified atom stereocenters. The van der Waals surface area contributed by atoms with Gasteiger partial charge in [-0.1, -0.05) is 0 Å². The molecule has 1 saturated carbocycles. The van der Waals surface area contributed by atoms with Crippen LogP contribution < -0.4 is 0 Å². The third kappa shape index (κ3) is 3.84. The molecule has 0 saturated heterocycles. The molecule has 0 spiro atoms. The first-order chi connectivity index (χ1) is 8.54. The Morgan fingerprint density at radius 3 is 2.83 bits per heavy atom. The van der Waals surface area contributed by atoms with E-state index in [1.54, 1.807) is 0 Å². The topological polar surface area (TPSA) is 58.4 Å². The molecule has 5 nitrogen and oxygen atoms in total. The van der Waals surface area contributed by atoms with Crippen molar-refractivity contribution in [3.8, 4) is 0 Å². The van der Waals surface area contributed by atoms with E-state index in [4.69, 9.17) is 5.11 Å². The molecule has 1 fully saturated rings. The number of aromatic nitrogens is 2. The second kappa shape index (κ2) is 5.52. The third-order valence-electron chi connectivity index (χ3n) is 3.15. The minimum absolute atomic E-state index is 0.102. The average molecular weight is 251 g/mol. The Hall–Kier alpha value is -1.36. The van der Waals surface area contributed by atoms with Gasteiger partial charge >= 0.3 is 5.97 Å². The van der Waals surface area contributed by atoms with E-state index in [9.17, 15) is 4.79 Å². The fourth-order valence-corrected chi connectivity index (χ4v) is 2.02. The lowest BCUT2D eigenvalue weighted by Gasteiger charge is -2.18. The molecule has 1 aliphatic rings. The van der Waals surface area contributed by atoms with E-state index < -0.39 is 5.97 Å². The van der Waals surface area contributed by atoms with Crippen LogP contribution in [0.4, 0.5) is 0 Å². The Kier molecular flexibility index (Phi) is 4.01. The van der Waals surface area contributed by atoms with Crippen LogP contribution in [0, 0.1) is 5.92 Å². The molecule has 100 valence electrons. The van der Waals surface area contributed by atoms with Crippen LogP contribution in [0.2, 0.25) is 0 Å². The van der Waals surface area contributed by atoms with E-state index in [0.717, 1.165) is 12.2 Å². The summed E-state index contributed by atoms with van der Waals surface area (Å²) in [6.45, 7) is 5.76. The van der Waals surface area contributed by atoms with Gasteiger partial charge in [-0.3, -0.25) is 14.4 Å². The van der Waals surface area contributed by atoms with Crippen molar-refractivity contribution in [3.63, 3.8) is 0 Å². The number of carboxylic acids is 1. The molecule has 1 N–H and O–H groups in total. The maximum absolute atomic E-state index is 10.8. The highest BCUT2D eigenvalue weighted by Crippen LogP contribution is 2.30. The predicted molar refractivity (Wildman–Crippen MR) is 68.2 cm³/mol. The van der Waals surface area contributed by atoms with Crippen LogP contribution in [0.25, 0.3) is 0 Å². The maximum Gasteiger partial charge on any atom is 0.317 e. The number of nitrogens with zero attached hydrogens (tertiary/aromatic N) is 3. The molecule has 0 aliphatic heterocycles. The number of carbonyl (C=O) groups is 1.